The largest absolute Gasteiger partial charge is 0.481 e. The van der Waals surface area contributed by atoms with Gasteiger partial charge in [-0.25, -0.2) is 4.98 Å². The van der Waals surface area contributed by atoms with Crippen molar-refractivity contribution in [1.29, 1.82) is 0 Å². The fourth-order valence-electron chi connectivity index (χ4n) is 3.72. The molecule has 12 heteroatoms. The number of halogens is 2. The van der Waals surface area contributed by atoms with E-state index in [1.165, 1.54) is 6.07 Å². The van der Waals surface area contributed by atoms with Gasteiger partial charge in [-0.05, 0) is 12.1 Å². The number of methoxy groups -OCH3 is 1. The smallest absolute Gasteiger partial charge is 0.248 e. The lowest BCUT2D eigenvalue weighted by molar-refractivity contribution is 0.399. The van der Waals surface area contributed by atoms with Crippen LogP contribution in [0.4, 0.5) is 0 Å². The molecule has 1 N–H and O–H groups in total. The molecule has 0 atom stereocenters. The van der Waals surface area contributed by atoms with Crippen LogP contribution in [0.25, 0.3) is 44.3 Å². The van der Waals surface area contributed by atoms with Crippen LogP contribution < -0.4 is 10.3 Å². The molecule has 0 aliphatic rings. The molecule has 186 valence electrons. The van der Waals surface area contributed by atoms with Crippen LogP contribution in [0.1, 0.15) is 0 Å². The SMILES string of the molecule is COc1ccc2ncc(-c3cnn(C)c3)c(Cl)c2n1.Cn1cc(-c2cnc3ccc(=O)[nH]c3c2Cl)cn1. The number of H-pyrrole nitrogens is 1. The van der Waals surface area contributed by atoms with Crippen molar-refractivity contribution in [2.75, 3.05) is 7.11 Å². The van der Waals surface area contributed by atoms with Crippen molar-refractivity contribution in [2.24, 2.45) is 14.1 Å². The van der Waals surface area contributed by atoms with Crippen LogP contribution in [0.15, 0.2) is 66.2 Å². The minimum atomic E-state index is -0.200. The van der Waals surface area contributed by atoms with Gasteiger partial charge in [-0.1, -0.05) is 23.2 Å². The van der Waals surface area contributed by atoms with Crippen LogP contribution in [0.2, 0.25) is 10.0 Å². The third-order valence-electron chi connectivity index (χ3n) is 5.55. The van der Waals surface area contributed by atoms with E-state index in [2.05, 4.69) is 30.1 Å². The molecule has 0 radical (unpaired) electrons. The van der Waals surface area contributed by atoms with Crippen LogP contribution >= 0.6 is 23.2 Å². The van der Waals surface area contributed by atoms with Gasteiger partial charge in [-0.2, -0.15) is 10.2 Å². The van der Waals surface area contributed by atoms with E-state index >= 15 is 0 Å². The number of aromatic amines is 1. The van der Waals surface area contributed by atoms with E-state index < -0.39 is 0 Å². The maximum absolute atomic E-state index is 11.3. The quantitative estimate of drug-likeness (QED) is 0.350. The first-order chi connectivity index (χ1) is 17.8. The normalized spacial score (nSPS) is 10.9. The summed E-state index contributed by atoms with van der Waals surface area (Å²) in [6.07, 6.45) is 10.6. The minimum absolute atomic E-state index is 0.200. The van der Waals surface area contributed by atoms with Crippen LogP contribution in [0.5, 0.6) is 5.88 Å². The Morgan fingerprint density at radius 1 is 0.811 bits per heavy atom. The molecule has 6 rings (SSSR count). The Hall–Kier alpha value is -4.28. The van der Waals surface area contributed by atoms with Gasteiger partial charge in [-0.3, -0.25) is 24.1 Å². The van der Waals surface area contributed by atoms with Crippen molar-refractivity contribution in [3.63, 3.8) is 0 Å². The molecular formula is C25H20Cl2N8O2. The van der Waals surface area contributed by atoms with E-state index in [1.807, 2.05) is 32.6 Å². The lowest BCUT2D eigenvalue weighted by atomic mass is 10.1. The highest BCUT2D eigenvalue weighted by molar-refractivity contribution is 6.38. The summed E-state index contributed by atoms with van der Waals surface area (Å²) in [5.74, 6) is 0.513. The minimum Gasteiger partial charge on any atom is -0.481 e. The predicted molar refractivity (Wildman–Crippen MR) is 143 cm³/mol. The zero-order valence-corrected chi connectivity index (χ0v) is 21.5. The summed E-state index contributed by atoms with van der Waals surface area (Å²) in [7, 11) is 5.25. The number of hydrogen-bond acceptors (Lipinski definition) is 7. The van der Waals surface area contributed by atoms with Gasteiger partial charge >= 0.3 is 0 Å². The van der Waals surface area contributed by atoms with Gasteiger partial charge < -0.3 is 9.72 Å². The Morgan fingerprint density at radius 2 is 1.41 bits per heavy atom. The molecule has 0 aromatic carbocycles. The number of nitrogens with zero attached hydrogens (tertiary/aromatic N) is 7. The molecule has 0 bridgehead atoms. The third kappa shape index (κ3) is 4.89. The summed E-state index contributed by atoms with van der Waals surface area (Å²) in [5, 5.41) is 9.25. The van der Waals surface area contributed by atoms with E-state index in [0.29, 0.717) is 32.5 Å². The number of rotatable bonds is 3. The van der Waals surface area contributed by atoms with Gasteiger partial charge in [0.1, 0.15) is 5.52 Å². The summed E-state index contributed by atoms with van der Waals surface area (Å²) in [6.45, 7) is 0. The van der Waals surface area contributed by atoms with Crippen LogP contribution in [0, 0.1) is 0 Å². The van der Waals surface area contributed by atoms with Crippen molar-refractivity contribution in [3.8, 4) is 28.1 Å². The summed E-state index contributed by atoms with van der Waals surface area (Å²) in [5.41, 5.74) is 5.70. The highest BCUT2D eigenvalue weighted by Gasteiger charge is 2.13. The molecule has 37 heavy (non-hydrogen) atoms. The Kier molecular flexibility index (Phi) is 6.60. The van der Waals surface area contributed by atoms with Crippen molar-refractivity contribution in [2.45, 2.75) is 0 Å². The molecule has 0 saturated carbocycles. The summed E-state index contributed by atoms with van der Waals surface area (Å²) in [4.78, 5) is 27.0. The predicted octanol–water partition coefficient (Wildman–Crippen LogP) is 4.67. The molecular weight excluding hydrogens is 515 g/mol. The number of aryl methyl sites for hydroxylation is 2. The van der Waals surface area contributed by atoms with Gasteiger partial charge in [0.25, 0.3) is 0 Å². The van der Waals surface area contributed by atoms with Crippen LogP contribution in [-0.4, -0.2) is 46.6 Å². The van der Waals surface area contributed by atoms with E-state index in [1.54, 1.807) is 53.4 Å². The van der Waals surface area contributed by atoms with E-state index in [9.17, 15) is 4.79 Å². The molecule has 10 nitrogen and oxygen atoms in total. The highest BCUT2D eigenvalue weighted by atomic mass is 35.5. The Morgan fingerprint density at radius 3 is 2.00 bits per heavy atom. The van der Waals surface area contributed by atoms with Gasteiger partial charge in [-0.15, -0.1) is 0 Å². The van der Waals surface area contributed by atoms with Crippen molar-refractivity contribution in [1.82, 2.24) is 39.5 Å². The van der Waals surface area contributed by atoms with Crippen molar-refractivity contribution >= 4 is 45.3 Å². The first kappa shape index (κ1) is 24.4. The fourth-order valence-corrected chi connectivity index (χ4v) is 4.32. The number of pyridine rings is 4. The standard InChI is InChI=1S/C13H11ClN4O.C12H9ClN4O/c1-18-7-8(5-16-18)9-6-15-10-3-4-11(19-2)17-13(10)12(9)14;1-17-6-7(4-15-17)8-5-14-9-2-3-10(18)16-12(9)11(8)13/h3-7H,1-2H3;2-6H,1H3,(H,16,18). The van der Waals surface area contributed by atoms with Gasteiger partial charge in [0, 0.05) is 73.3 Å². The number of hydrogen-bond donors (Lipinski definition) is 1. The van der Waals surface area contributed by atoms with Crippen molar-refractivity contribution < 1.29 is 4.74 Å². The summed E-state index contributed by atoms with van der Waals surface area (Å²) in [6, 6.07) is 6.66. The Bertz CT molecular complexity index is 1810. The second kappa shape index (κ2) is 10.00. The van der Waals surface area contributed by atoms with Gasteiger partial charge in [0.05, 0.1) is 46.1 Å². The topological polar surface area (TPSA) is 116 Å². The Labute approximate surface area is 220 Å². The fraction of sp³-hybridized carbons (Fsp3) is 0.120. The van der Waals surface area contributed by atoms with E-state index in [-0.39, 0.29) is 5.56 Å². The monoisotopic (exact) mass is 534 g/mol. The average Bonchev–Trinajstić information content (AvgIpc) is 3.53. The number of fused-ring (bicyclic) bond motifs is 2. The van der Waals surface area contributed by atoms with E-state index in [0.717, 1.165) is 27.8 Å². The summed E-state index contributed by atoms with van der Waals surface area (Å²) < 4.78 is 8.51. The zero-order chi connectivity index (χ0) is 26.1. The maximum Gasteiger partial charge on any atom is 0.248 e. The summed E-state index contributed by atoms with van der Waals surface area (Å²) >= 11 is 12.7. The van der Waals surface area contributed by atoms with Crippen molar-refractivity contribution in [3.05, 3.63) is 81.8 Å². The van der Waals surface area contributed by atoms with Gasteiger partial charge in [0.2, 0.25) is 11.4 Å². The average molecular weight is 535 g/mol. The molecule has 0 aliphatic carbocycles. The lowest BCUT2D eigenvalue weighted by Crippen LogP contribution is -2.03. The molecule has 6 aromatic heterocycles. The first-order valence-electron chi connectivity index (χ1n) is 11.0. The number of aromatic nitrogens is 8. The first-order valence-corrected chi connectivity index (χ1v) is 11.7. The van der Waals surface area contributed by atoms with E-state index in [4.69, 9.17) is 27.9 Å². The molecule has 0 aliphatic heterocycles. The molecule has 0 fully saturated rings. The highest BCUT2D eigenvalue weighted by Crippen LogP contribution is 2.33. The van der Waals surface area contributed by atoms with Crippen LogP contribution in [-0.2, 0) is 14.1 Å². The molecule has 6 aromatic rings. The van der Waals surface area contributed by atoms with Gasteiger partial charge in [0.15, 0.2) is 0 Å². The second-order valence-electron chi connectivity index (χ2n) is 8.08. The molecule has 0 saturated heterocycles. The Balaban J connectivity index is 0.000000152. The molecule has 0 unspecified atom stereocenters. The molecule has 0 spiro atoms. The number of ether oxygens (including phenoxy) is 1. The van der Waals surface area contributed by atoms with Crippen LogP contribution in [0.3, 0.4) is 0 Å². The number of nitrogens with one attached hydrogen (secondary N) is 1. The molecule has 6 heterocycles. The lowest BCUT2D eigenvalue weighted by Gasteiger charge is -2.06. The third-order valence-corrected chi connectivity index (χ3v) is 6.33. The second-order valence-corrected chi connectivity index (χ2v) is 8.84. The molecule has 0 amide bonds. The maximum atomic E-state index is 11.3. The zero-order valence-electron chi connectivity index (χ0n) is 20.0.